The van der Waals surface area contributed by atoms with E-state index in [-0.39, 0.29) is 12.3 Å². The van der Waals surface area contributed by atoms with Crippen LogP contribution in [0.5, 0.6) is 5.75 Å². The Bertz CT molecular complexity index is 496. The second kappa shape index (κ2) is 6.21. The van der Waals surface area contributed by atoms with Gasteiger partial charge in [-0.15, -0.1) is 0 Å². The van der Waals surface area contributed by atoms with Crippen molar-refractivity contribution in [3.8, 4) is 11.8 Å². The van der Waals surface area contributed by atoms with E-state index in [1.165, 1.54) is 0 Å². The fraction of sp³-hybridized carbons (Fsp3) is 0.429. The summed E-state index contributed by atoms with van der Waals surface area (Å²) in [6, 6.07) is 9.49. The Balaban J connectivity index is 2.03. The number of rotatable bonds is 3. The van der Waals surface area contributed by atoms with Gasteiger partial charge in [-0.1, -0.05) is 18.2 Å². The van der Waals surface area contributed by atoms with E-state index >= 15 is 0 Å². The topological polar surface area (TPSA) is 62.6 Å². The monoisotopic (exact) mass is 260 g/mol. The quantitative estimate of drug-likeness (QED) is 0.813. The third-order valence-electron chi connectivity index (χ3n) is 3.10. The molecule has 5 heteroatoms. The van der Waals surface area contributed by atoms with Crippen LogP contribution in [0.3, 0.4) is 0 Å². The van der Waals surface area contributed by atoms with E-state index in [9.17, 15) is 4.79 Å². The highest BCUT2D eigenvalue weighted by molar-refractivity contribution is 5.79. The van der Waals surface area contributed by atoms with Gasteiger partial charge in [-0.3, -0.25) is 4.79 Å². The fourth-order valence-corrected chi connectivity index (χ4v) is 2.08. The molecule has 1 aliphatic heterocycles. The van der Waals surface area contributed by atoms with E-state index in [2.05, 4.69) is 0 Å². The first kappa shape index (κ1) is 13.4. The standard InChI is InChI=1S/C14H16N2O3/c1-18-13-5-3-2-4-11(13)8-14(17)16-6-7-19-12(9-15)10-16/h2-5,12H,6-8,10H2,1H3. The fourth-order valence-electron chi connectivity index (χ4n) is 2.08. The van der Waals surface area contributed by atoms with Crippen LogP contribution in [-0.4, -0.2) is 43.7 Å². The molecule has 1 unspecified atom stereocenters. The van der Waals surface area contributed by atoms with Gasteiger partial charge in [-0.2, -0.15) is 5.26 Å². The van der Waals surface area contributed by atoms with Crippen molar-refractivity contribution in [2.45, 2.75) is 12.5 Å². The average molecular weight is 260 g/mol. The summed E-state index contributed by atoms with van der Waals surface area (Å²) in [7, 11) is 1.59. The van der Waals surface area contributed by atoms with Crippen LogP contribution in [0.15, 0.2) is 24.3 Å². The predicted molar refractivity (Wildman–Crippen MR) is 68.6 cm³/mol. The molecule has 2 rings (SSSR count). The highest BCUT2D eigenvalue weighted by Crippen LogP contribution is 2.19. The lowest BCUT2D eigenvalue weighted by Gasteiger charge is -2.30. The van der Waals surface area contributed by atoms with Crippen molar-refractivity contribution in [2.24, 2.45) is 0 Å². The Morgan fingerprint density at radius 3 is 3.11 bits per heavy atom. The summed E-state index contributed by atoms with van der Waals surface area (Å²) in [4.78, 5) is 13.9. The maximum absolute atomic E-state index is 12.2. The van der Waals surface area contributed by atoms with Gasteiger partial charge < -0.3 is 14.4 Å². The van der Waals surface area contributed by atoms with Crippen LogP contribution in [0.25, 0.3) is 0 Å². The van der Waals surface area contributed by atoms with Gasteiger partial charge in [-0.25, -0.2) is 0 Å². The Hall–Kier alpha value is -2.06. The lowest BCUT2D eigenvalue weighted by molar-refractivity contribution is -0.136. The van der Waals surface area contributed by atoms with Crippen molar-refractivity contribution in [3.05, 3.63) is 29.8 Å². The number of ether oxygens (including phenoxy) is 2. The maximum Gasteiger partial charge on any atom is 0.227 e. The Morgan fingerprint density at radius 2 is 2.37 bits per heavy atom. The lowest BCUT2D eigenvalue weighted by Crippen LogP contribution is -2.45. The highest BCUT2D eigenvalue weighted by Gasteiger charge is 2.24. The van der Waals surface area contributed by atoms with E-state index < -0.39 is 6.10 Å². The molecule has 100 valence electrons. The summed E-state index contributed by atoms with van der Waals surface area (Å²) in [5.74, 6) is 0.703. The molecule has 1 saturated heterocycles. The van der Waals surface area contributed by atoms with Crippen molar-refractivity contribution < 1.29 is 14.3 Å². The van der Waals surface area contributed by atoms with Crippen LogP contribution in [0.1, 0.15) is 5.56 Å². The van der Waals surface area contributed by atoms with Gasteiger partial charge >= 0.3 is 0 Å². The number of nitrogens with zero attached hydrogens (tertiary/aromatic N) is 2. The summed E-state index contributed by atoms with van der Waals surface area (Å²) in [5, 5.41) is 8.83. The molecule has 1 aromatic carbocycles. The molecular formula is C14H16N2O3. The molecule has 0 aromatic heterocycles. The second-order valence-corrected chi connectivity index (χ2v) is 4.32. The van der Waals surface area contributed by atoms with E-state index in [4.69, 9.17) is 14.7 Å². The minimum absolute atomic E-state index is 0.00644. The minimum atomic E-state index is -0.518. The zero-order chi connectivity index (χ0) is 13.7. The first-order chi connectivity index (χ1) is 9.24. The van der Waals surface area contributed by atoms with Gasteiger partial charge in [0.2, 0.25) is 5.91 Å². The van der Waals surface area contributed by atoms with Gasteiger partial charge in [0.1, 0.15) is 5.75 Å². The number of methoxy groups -OCH3 is 1. The molecule has 1 fully saturated rings. The molecule has 1 heterocycles. The number of carbonyl (C=O) groups excluding carboxylic acids is 1. The van der Waals surface area contributed by atoms with Crippen LogP contribution >= 0.6 is 0 Å². The SMILES string of the molecule is COc1ccccc1CC(=O)N1CCOC(C#N)C1. The van der Waals surface area contributed by atoms with Crippen LogP contribution < -0.4 is 4.74 Å². The van der Waals surface area contributed by atoms with Crippen molar-refractivity contribution in [2.75, 3.05) is 26.8 Å². The van der Waals surface area contributed by atoms with E-state index in [0.29, 0.717) is 25.4 Å². The Kier molecular flexibility index (Phi) is 4.37. The molecule has 0 N–H and O–H groups in total. The van der Waals surface area contributed by atoms with Gasteiger partial charge in [-0.05, 0) is 6.07 Å². The number of carbonyl (C=O) groups is 1. The van der Waals surface area contributed by atoms with Gasteiger partial charge in [0, 0.05) is 12.1 Å². The molecule has 1 atom stereocenters. The van der Waals surface area contributed by atoms with Crippen LogP contribution in [-0.2, 0) is 16.0 Å². The first-order valence-electron chi connectivity index (χ1n) is 6.15. The minimum Gasteiger partial charge on any atom is -0.496 e. The zero-order valence-electron chi connectivity index (χ0n) is 10.8. The molecular weight excluding hydrogens is 244 g/mol. The lowest BCUT2D eigenvalue weighted by atomic mass is 10.1. The number of amides is 1. The Labute approximate surface area is 112 Å². The molecule has 0 spiro atoms. The molecule has 0 bridgehead atoms. The van der Waals surface area contributed by atoms with Crippen molar-refractivity contribution in [3.63, 3.8) is 0 Å². The number of hydrogen-bond acceptors (Lipinski definition) is 4. The number of para-hydroxylation sites is 1. The van der Waals surface area contributed by atoms with E-state index in [0.717, 1.165) is 5.56 Å². The third-order valence-corrected chi connectivity index (χ3v) is 3.10. The molecule has 1 aromatic rings. The first-order valence-corrected chi connectivity index (χ1v) is 6.15. The highest BCUT2D eigenvalue weighted by atomic mass is 16.5. The number of hydrogen-bond donors (Lipinski definition) is 0. The van der Waals surface area contributed by atoms with Crippen molar-refractivity contribution >= 4 is 5.91 Å². The van der Waals surface area contributed by atoms with Gasteiger partial charge in [0.15, 0.2) is 6.10 Å². The predicted octanol–water partition coefficient (Wildman–Crippen LogP) is 0.989. The van der Waals surface area contributed by atoms with E-state index in [1.807, 2.05) is 30.3 Å². The summed E-state index contributed by atoms with van der Waals surface area (Å²) in [6.07, 6.45) is -0.238. The molecule has 0 radical (unpaired) electrons. The van der Waals surface area contributed by atoms with Crippen molar-refractivity contribution in [1.82, 2.24) is 4.90 Å². The largest absolute Gasteiger partial charge is 0.496 e. The van der Waals surface area contributed by atoms with Crippen LogP contribution in [0.2, 0.25) is 0 Å². The third kappa shape index (κ3) is 3.24. The number of morpholine rings is 1. The Morgan fingerprint density at radius 1 is 1.58 bits per heavy atom. The number of nitriles is 1. The van der Waals surface area contributed by atoms with Crippen LogP contribution in [0.4, 0.5) is 0 Å². The molecule has 1 aliphatic rings. The normalized spacial score (nSPS) is 18.7. The smallest absolute Gasteiger partial charge is 0.227 e. The van der Waals surface area contributed by atoms with Crippen molar-refractivity contribution in [1.29, 1.82) is 5.26 Å². The zero-order valence-corrected chi connectivity index (χ0v) is 10.8. The maximum atomic E-state index is 12.2. The molecule has 0 aliphatic carbocycles. The molecule has 0 saturated carbocycles. The number of benzene rings is 1. The summed E-state index contributed by atoms with van der Waals surface area (Å²) >= 11 is 0. The molecule has 1 amide bonds. The molecule has 19 heavy (non-hydrogen) atoms. The van der Waals surface area contributed by atoms with Gasteiger partial charge in [0.25, 0.3) is 0 Å². The summed E-state index contributed by atoms with van der Waals surface area (Å²) < 4.78 is 10.5. The van der Waals surface area contributed by atoms with Crippen LogP contribution in [0, 0.1) is 11.3 Å². The summed E-state index contributed by atoms with van der Waals surface area (Å²) in [6.45, 7) is 1.28. The van der Waals surface area contributed by atoms with Gasteiger partial charge in [0.05, 0.1) is 32.8 Å². The summed E-state index contributed by atoms with van der Waals surface area (Å²) in [5.41, 5.74) is 0.856. The second-order valence-electron chi connectivity index (χ2n) is 4.32. The molecule has 5 nitrogen and oxygen atoms in total. The average Bonchev–Trinajstić information content (AvgIpc) is 2.47. The van der Waals surface area contributed by atoms with E-state index in [1.54, 1.807) is 12.0 Å².